The van der Waals surface area contributed by atoms with Crippen LogP contribution < -0.4 is 15.2 Å². The molecule has 1 aromatic carbocycles. The molecule has 0 saturated heterocycles. The maximum Gasteiger partial charge on any atom is 0.341 e. The highest BCUT2D eigenvalue weighted by Crippen LogP contribution is 2.42. The van der Waals surface area contributed by atoms with Crippen molar-refractivity contribution in [3.8, 4) is 17.6 Å². The van der Waals surface area contributed by atoms with Gasteiger partial charge in [0.2, 0.25) is 5.88 Å². The first-order valence-electron chi connectivity index (χ1n) is 8.32. The van der Waals surface area contributed by atoms with Crippen molar-refractivity contribution in [3.63, 3.8) is 0 Å². The molecule has 0 spiro atoms. The van der Waals surface area contributed by atoms with Crippen LogP contribution in [-0.2, 0) is 19.1 Å². The van der Waals surface area contributed by atoms with Crippen LogP contribution >= 0.6 is 0 Å². The minimum Gasteiger partial charge on any atom is -0.493 e. The standard InChI is InChI=1S/C19H20N2O7/c1-4-26-19(24)16-10(2)28-18(21)12(8-20)17(16)11-5-6-13(14(7-11)25-3)27-9-15(22)23/h5-7,17H,4,9,21H2,1-3H3,(H,22,23). The van der Waals surface area contributed by atoms with Crippen molar-refractivity contribution in [1.29, 1.82) is 5.26 Å². The quantitative estimate of drug-likeness (QED) is 0.669. The van der Waals surface area contributed by atoms with E-state index < -0.39 is 24.5 Å². The fourth-order valence-electron chi connectivity index (χ4n) is 2.81. The van der Waals surface area contributed by atoms with Crippen LogP contribution in [-0.4, -0.2) is 37.4 Å². The molecule has 1 unspecified atom stereocenters. The molecule has 148 valence electrons. The molecule has 28 heavy (non-hydrogen) atoms. The van der Waals surface area contributed by atoms with Crippen LogP contribution in [0.2, 0.25) is 0 Å². The van der Waals surface area contributed by atoms with Gasteiger partial charge in [-0.05, 0) is 31.5 Å². The van der Waals surface area contributed by atoms with Gasteiger partial charge in [-0.25, -0.2) is 9.59 Å². The third kappa shape index (κ3) is 4.17. The van der Waals surface area contributed by atoms with Gasteiger partial charge in [0.1, 0.15) is 17.4 Å². The molecule has 1 heterocycles. The minimum absolute atomic E-state index is 0.0508. The van der Waals surface area contributed by atoms with Crippen LogP contribution in [0.3, 0.4) is 0 Å². The molecule has 0 amide bonds. The average molecular weight is 388 g/mol. The molecular formula is C19H20N2O7. The Morgan fingerprint density at radius 1 is 1.36 bits per heavy atom. The van der Waals surface area contributed by atoms with Crippen molar-refractivity contribution in [2.24, 2.45) is 5.73 Å². The Balaban J connectivity index is 2.56. The maximum absolute atomic E-state index is 12.5. The number of carbonyl (C=O) groups excluding carboxylic acids is 1. The lowest BCUT2D eigenvalue weighted by Crippen LogP contribution is -2.25. The highest BCUT2D eigenvalue weighted by atomic mass is 16.5. The Morgan fingerprint density at radius 3 is 2.64 bits per heavy atom. The highest BCUT2D eigenvalue weighted by Gasteiger charge is 2.36. The zero-order valence-electron chi connectivity index (χ0n) is 15.6. The van der Waals surface area contributed by atoms with Crippen molar-refractivity contribution in [3.05, 3.63) is 46.6 Å². The van der Waals surface area contributed by atoms with Crippen molar-refractivity contribution in [2.75, 3.05) is 20.3 Å². The van der Waals surface area contributed by atoms with E-state index in [0.717, 1.165) is 0 Å². The Morgan fingerprint density at radius 2 is 2.07 bits per heavy atom. The number of nitrogens with zero attached hydrogens (tertiary/aromatic N) is 1. The summed E-state index contributed by atoms with van der Waals surface area (Å²) in [6.07, 6.45) is 0. The number of allylic oxidation sites excluding steroid dienone is 2. The van der Waals surface area contributed by atoms with Gasteiger partial charge in [0.05, 0.1) is 25.2 Å². The largest absolute Gasteiger partial charge is 0.493 e. The van der Waals surface area contributed by atoms with Crippen LogP contribution in [0, 0.1) is 11.3 Å². The van der Waals surface area contributed by atoms with Gasteiger partial charge in [-0.1, -0.05) is 6.07 Å². The van der Waals surface area contributed by atoms with Gasteiger partial charge in [-0.3, -0.25) is 0 Å². The summed E-state index contributed by atoms with van der Waals surface area (Å²) in [6, 6.07) is 6.61. The van der Waals surface area contributed by atoms with Gasteiger partial charge >= 0.3 is 11.9 Å². The number of ether oxygens (including phenoxy) is 4. The minimum atomic E-state index is -1.14. The number of benzene rings is 1. The van der Waals surface area contributed by atoms with Crippen LogP contribution in [0.4, 0.5) is 0 Å². The number of methoxy groups -OCH3 is 1. The lowest BCUT2D eigenvalue weighted by molar-refractivity contribution is -0.140. The predicted molar refractivity (Wildman–Crippen MR) is 96.1 cm³/mol. The van der Waals surface area contributed by atoms with Gasteiger partial charge in [0, 0.05) is 0 Å². The molecule has 9 heteroatoms. The molecule has 0 saturated carbocycles. The van der Waals surface area contributed by atoms with Crippen molar-refractivity contribution < 1.29 is 33.6 Å². The summed E-state index contributed by atoms with van der Waals surface area (Å²) >= 11 is 0. The number of carboxylic acid groups (broad SMARTS) is 1. The molecule has 0 aromatic heterocycles. The first-order chi connectivity index (χ1) is 13.3. The van der Waals surface area contributed by atoms with Crippen LogP contribution in [0.5, 0.6) is 11.5 Å². The van der Waals surface area contributed by atoms with Crippen LogP contribution in [0.15, 0.2) is 41.0 Å². The number of rotatable bonds is 7. The third-order valence-corrected chi connectivity index (χ3v) is 3.97. The SMILES string of the molecule is CCOC(=O)C1=C(C)OC(N)=C(C#N)C1c1ccc(OCC(=O)O)c(OC)c1. The molecule has 1 aliphatic heterocycles. The summed E-state index contributed by atoms with van der Waals surface area (Å²) in [5.74, 6) is -2.04. The summed E-state index contributed by atoms with van der Waals surface area (Å²) in [4.78, 5) is 23.2. The normalized spacial score (nSPS) is 16.1. The molecule has 9 nitrogen and oxygen atoms in total. The second-order valence-corrected chi connectivity index (χ2v) is 5.71. The number of aliphatic carboxylic acids is 1. The van der Waals surface area contributed by atoms with Gasteiger partial charge in [0.25, 0.3) is 0 Å². The first kappa shape index (κ1) is 20.6. The second-order valence-electron chi connectivity index (χ2n) is 5.71. The molecule has 1 aliphatic rings. The number of carboxylic acids is 1. The number of carbonyl (C=O) groups is 2. The van der Waals surface area contributed by atoms with Gasteiger partial charge in [0.15, 0.2) is 18.1 Å². The van der Waals surface area contributed by atoms with Gasteiger partial charge < -0.3 is 29.8 Å². The third-order valence-electron chi connectivity index (χ3n) is 3.97. The number of hydrogen-bond acceptors (Lipinski definition) is 8. The molecule has 0 bridgehead atoms. The maximum atomic E-state index is 12.5. The molecular weight excluding hydrogens is 368 g/mol. The molecule has 1 aromatic rings. The van der Waals surface area contributed by atoms with Gasteiger partial charge in [-0.2, -0.15) is 5.26 Å². The molecule has 0 aliphatic carbocycles. The Bertz CT molecular complexity index is 896. The van der Waals surface area contributed by atoms with E-state index in [1.165, 1.54) is 13.2 Å². The number of hydrogen-bond donors (Lipinski definition) is 2. The molecule has 3 N–H and O–H groups in total. The summed E-state index contributed by atoms with van der Waals surface area (Å²) in [6.45, 7) is 2.83. The topological polar surface area (TPSA) is 141 Å². The average Bonchev–Trinajstić information content (AvgIpc) is 2.65. The summed E-state index contributed by atoms with van der Waals surface area (Å²) in [7, 11) is 1.39. The zero-order valence-corrected chi connectivity index (χ0v) is 15.6. The highest BCUT2D eigenvalue weighted by molar-refractivity contribution is 5.92. The monoisotopic (exact) mass is 388 g/mol. The van der Waals surface area contributed by atoms with Crippen molar-refractivity contribution in [2.45, 2.75) is 19.8 Å². The van der Waals surface area contributed by atoms with Crippen molar-refractivity contribution in [1.82, 2.24) is 0 Å². The van der Waals surface area contributed by atoms with E-state index in [1.807, 2.05) is 6.07 Å². The first-order valence-corrected chi connectivity index (χ1v) is 8.32. The molecule has 0 radical (unpaired) electrons. The number of nitrogens with two attached hydrogens (primary N) is 1. The fourth-order valence-corrected chi connectivity index (χ4v) is 2.81. The summed E-state index contributed by atoms with van der Waals surface area (Å²) in [5.41, 5.74) is 6.56. The molecule has 0 fully saturated rings. The van der Waals surface area contributed by atoms with E-state index in [1.54, 1.807) is 26.0 Å². The van der Waals surface area contributed by atoms with E-state index in [-0.39, 0.29) is 40.9 Å². The Kier molecular flexibility index (Phi) is 6.50. The van der Waals surface area contributed by atoms with E-state index in [9.17, 15) is 14.9 Å². The Hall–Kier alpha value is -3.67. The Labute approximate surface area is 161 Å². The van der Waals surface area contributed by atoms with E-state index in [4.69, 9.17) is 29.8 Å². The van der Waals surface area contributed by atoms with E-state index >= 15 is 0 Å². The summed E-state index contributed by atoms with van der Waals surface area (Å²) in [5, 5.41) is 18.3. The lowest BCUT2D eigenvalue weighted by Gasteiger charge is -2.27. The van der Waals surface area contributed by atoms with E-state index in [0.29, 0.717) is 5.56 Å². The number of esters is 1. The molecule has 2 rings (SSSR count). The molecule has 1 atom stereocenters. The predicted octanol–water partition coefficient (Wildman–Crippen LogP) is 1.80. The van der Waals surface area contributed by atoms with Gasteiger partial charge in [-0.15, -0.1) is 0 Å². The van der Waals surface area contributed by atoms with Crippen LogP contribution in [0.1, 0.15) is 25.3 Å². The van der Waals surface area contributed by atoms with E-state index in [2.05, 4.69) is 0 Å². The smallest absolute Gasteiger partial charge is 0.341 e. The number of nitriles is 1. The zero-order chi connectivity index (χ0) is 20.8. The fraction of sp³-hybridized carbons (Fsp3) is 0.316. The second kappa shape index (κ2) is 8.81. The van der Waals surface area contributed by atoms with Crippen LogP contribution in [0.25, 0.3) is 0 Å². The lowest BCUT2D eigenvalue weighted by atomic mass is 9.83. The summed E-state index contributed by atoms with van der Waals surface area (Å²) < 4.78 is 20.9. The van der Waals surface area contributed by atoms with Crippen molar-refractivity contribution >= 4 is 11.9 Å².